The second-order valence-electron chi connectivity index (χ2n) is 4.54. The summed E-state index contributed by atoms with van der Waals surface area (Å²) in [5.41, 5.74) is 7.10. The molecule has 0 aliphatic carbocycles. The van der Waals surface area contributed by atoms with Crippen LogP contribution in [0.2, 0.25) is 0 Å². The minimum absolute atomic E-state index is 0.0352. The van der Waals surface area contributed by atoms with Crippen LogP contribution < -0.4 is 15.2 Å². The number of rotatable bonds is 4. The highest BCUT2D eigenvalue weighted by atomic mass is 16.5. The largest absolute Gasteiger partial charge is 0.497 e. The monoisotopic (exact) mass is 237 g/mol. The normalized spacial score (nSPS) is 19.3. The maximum absolute atomic E-state index is 6.09. The molecule has 0 bridgehead atoms. The Morgan fingerprint density at radius 2 is 1.71 bits per heavy atom. The number of ether oxygens (including phenoxy) is 3. The Balaban J connectivity index is 2.43. The minimum atomic E-state index is -0.109. The molecule has 1 aliphatic rings. The van der Waals surface area contributed by atoms with E-state index in [1.165, 1.54) is 0 Å². The summed E-state index contributed by atoms with van der Waals surface area (Å²) < 4.78 is 15.9. The van der Waals surface area contributed by atoms with Crippen LogP contribution in [0, 0.1) is 0 Å². The minimum Gasteiger partial charge on any atom is -0.497 e. The van der Waals surface area contributed by atoms with Gasteiger partial charge in [-0.25, -0.2) is 0 Å². The van der Waals surface area contributed by atoms with Gasteiger partial charge in [0.15, 0.2) is 0 Å². The van der Waals surface area contributed by atoms with Crippen molar-refractivity contribution in [3.63, 3.8) is 0 Å². The molecular weight excluding hydrogens is 218 g/mol. The molecule has 1 aromatic carbocycles. The van der Waals surface area contributed by atoms with Crippen LogP contribution in [-0.4, -0.2) is 33.5 Å². The fourth-order valence-electron chi connectivity index (χ4n) is 2.11. The van der Waals surface area contributed by atoms with E-state index in [1.54, 1.807) is 14.2 Å². The standard InChI is InChI=1S/C13H19NO3/c1-9(14)13(7-17-8-13)10-4-11(15-2)6-12(5-10)16-3/h4-6,9H,7-8,14H2,1-3H3. The van der Waals surface area contributed by atoms with Crippen LogP contribution in [0.25, 0.3) is 0 Å². The van der Waals surface area contributed by atoms with Crippen LogP contribution in [0.3, 0.4) is 0 Å². The smallest absolute Gasteiger partial charge is 0.122 e. The van der Waals surface area contributed by atoms with E-state index >= 15 is 0 Å². The van der Waals surface area contributed by atoms with Crippen molar-refractivity contribution in [1.29, 1.82) is 0 Å². The summed E-state index contributed by atoms with van der Waals surface area (Å²) in [5.74, 6) is 1.57. The molecule has 1 unspecified atom stereocenters. The summed E-state index contributed by atoms with van der Waals surface area (Å²) >= 11 is 0. The lowest BCUT2D eigenvalue weighted by atomic mass is 9.73. The molecule has 17 heavy (non-hydrogen) atoms. The van der Waals surface area contributed by atoms with Crippen molar-refractivity contribution in [3.05, 3.63) is 23.8 Å². The number of hydrogen-bond donors (Lipinski definition) is 1. The Labute approximate surface area is 102 Å². The molecule has 2 N–H and O–H groups in total. The predicted octanol–water partition coefficient (Wildman–Crippen LogP) is 1.32. The van der Waals surface area contributed by atoms with Crippen molar-refractivity contribution >= 4 is 0 Å². The van der Waals surface area contributed by atoms with Gasteiger partial charge in [-0.1, -0.05) is 0 Å². The van der Waals surface area contributed by atoms with Crippen molar-refractivity contribution in [2.75, 3.05) is 27.4 Å². The molecular formula is C13H19NO3. The highest BCUT2D eigenvalue weighted by molar-refractivity contribution is 5.43. The molecule has 0 amide bonds. The first-order valence-electron chi connectivity index (χ1n) is 5.69. The molecule has 2 rings (SSSR count). The van der Waals surface area contributed by atoms with Crippen molar-refractivity contribution < 1.29 is 14.2 Å². The molecule has 4 heteroatoms. The molecule has 1 aliphatic heterocycles. The van der Waals surface area contributed by atoms with Crippen LogP contribution in [0.4, 0.5) is 0 Å². The lowest BCUT2D eigenvalue weighted by Crippen LogP contribution is -2.57. The Morgan fingerprint density at radius 3 is 2.00 bits per heavy atom. The summed E-state index contributed by atoms with van der Waals surface area (Å²) in [7, 11) is 3.29. The topological polar surface area (TPSA) is 53.7 Å². The van der Waals surface area contributed by atoms with Gasteiger partial charge in [-0.15, -0.1) is 0 Å². The second kappa shape index (κ2) is 4.55. The van der Waals surface area contributed by atoms with E-state index in [2.05, 4.69) is 0 Å². The Morgan fingerprint density at radius 1 is 1.18 bits per heavy atom. The first-order chi connectivity index (χ1) is 8.12. The molecule has 94 valence electrons. The quantitative estimate of drug-likeness (QED) is 0.858. The van der Waals surface area contributed by atoms with Crippen molar-refractivity contribution in [3.8, 4) is 11.5 Å². The van der Waals surface area contributed by atoms with Crippen LogP contribution in [-0.2, 0) is 10.2 Å². The van der Waals surface area contributed by atoms with Crippen molar-refractivity contribution in [1.82, 2.24) is 0 Å². The molecule has 1 heterocycles. The van der Waals surface area contributed by atoms with E-state index in [-0.39, 0.29) is 11.5 Å². The zero-order chi connectivity index (χ0) is 12.5. The Hall–Kier alpha value is -1.26. The second-order valence-corrected chi connectivity index (χ2v) is 4.54. The van der Waals surface area contributed by atoms with Gasteiger partial charge in [0, 0.05) is 12.1 Å². The van der Waals surface area contributed by atoms with E-state index < -0.39 is 0 Å². The van der Waals surface area contributed by atoms with Gasteiger partial charge in [0.05, 0.1) is 32.8 Å². The third kappa shape index (κ3) is 1.98. The van der Waals surface area contributed by atoms with Crippen LogP contribution in [0.15, 0.2) is 18.2 Å². The zero-order valence-electron chi connectivity index (χ0n) is 10.5. The first-order valence-corrected chi connectivity index (χ1v) is 5.69. The van der Waals surface area contributed by atoms with Gasteiger partial charge in [-0.3, -0.25) is 0 Å². The highest BCUT2D eigenvalue weighted by Gasteiger charge is 2.44. The first kappa shape index (κ1) is 12.2. The molecule has 0 saturated carbocycles. The van der Waals surface area contributed by atoms with E-state index in [9.17, 15) is 0 Å². The van der Waals surface area contributed by atoms with Gasteiger partial charge < -0.3 is 19.9 Å². The molecule has 1 saturated heterocycles. The third-order valence-electron chi connectivity index (χ3n) is 3.52. The maximum Gasteiger partial charge on any atom is 0.122 e. The summed E-state index contributed by atoms with van der Waals surface area (Å²) in [4.78, 5) is 0. The molecule has 0 radical (unpaired) electrons. The number of nitrogens with two attached hydrogens (primary N) is 1. The average molecular weight is 237 g/mol. The Bertz CT molecular complexity index is 377. The van der Waals surface area contributed by atoms with E-state index in [1.807, 2.05) is 25.1 Å². The summed E-state index contributed by atoms with van der Waals surface area (Å²) in [6.07, 6.45) is 0. The third-order valence-corrected chi connectivity index (χ3v) is 3.52. The lowest BCUT2D eigenvalue weighted by Gasteiger charge is -2.45. The van der Waals surface area contributed by atoms with Crippen LogP contribution in [0.5, 0.6) is 11.5 Å². The van der Waals surface area contributed by atoms with Gasteiger partial charge in [0.1, 0.15) is 11.5 Å². The van der Waals surface area contributed by atoms with Gasteiger partial charge in [-0.2, -0.15) is 0 Å². The van der Waals surface area contributed by atoms with Crippen molar-refractivity contribution in [2.45, 2.75) is 18.4 Å². The average Bonchev–Trinajstić information content (AvgIpc) is 2.26. The number of hydrogen-bond acceptors (Lipinski definition) is 4. The molecule has 1 aromatic rings. The van der Waals surface area contributed by atoms with Crippen LogP contribution in [0.1, 0.15) is 12.5 Å². The maximum atomic E-state index is 6.09. The summed E-state index contributed by atoms with van der Waals surface area (Å²) in [6, 6.07) is 5.91. The summed E-state index contributed by atoms with van der Waals surface area (Å²) in [6.45, 7) is 3.32. The fourth-order valence-corrected chi connectivity index (χ4v) is 2.11. The lowest BCUT2D eigenvalue weighted by molar-refractivity contribution is -0.0702. The van der Waals surface area contributed by atoms with Crippen molar-refractivity contribution in [2.24, 2.45) is 5.73 Å². The predicted molar refractivity (Wildman–Crippen MR) is 65.7 cm³/mol. The summed E-state index contributed by atoms with van der Waals surface area (Å²) in [5, 5.41) is 0. The SMILES string of the molecule is COc1cc(OC)cc(C2(C(C)N)COC2)c1. The number of methoxy groups -OCH3 is 2. The molecule has 1 atom stereocenters. The van der Waals surface area contributed by atoms with E-state index in [4.69, 9.17) is 19.9 Å². The molecule has 4 nitrogen and oxygen atoms in total. The van der Waals surface area contributed by atoms with Gasteiger partial charge in [-0.05, 0) is 24.6 Å². The van der Waals surface area contributed by atoms with Gasteiger partial charge >= 0.3 is 0 Å². The molecule has 0 aromatic heterocycles. The molecule has 0 spiro atoms. The van der Waals surface area contributed by atoms with Crippen LogP contribution >= 0.6 is 0 Å². The Kier molecular flexibility index (Phi) is 3.26. The van der Waals surface area contributed by atoms with Gasteiger partial charge in [0.2, 0.25) is 0 Å². The highest BCUT2D eigenvalue weighted by Crippen LogP contribution is 2.38. The molecule has 1 fully saturated rings. The zero-order valence-corrected chi connectivity index (χ0v) is 10.5. The van der Waals surface area contributed by atoms with E-state index in [0.29, 0.717) is 13.2 Å². The fraction of sp³-hybridized carbons (Fsp3) is 0.538. The van der Waals surface area contributed by atoms with E-state index in [0.717, 1.165) is 17.1 Å². The van der Waals surface area contributed by atoms with Gasteiger partial charge in [0.25, 0.3) is 0 Å². The number of benzene rings is 1.